The summed E-state index contributed by atoms with van der Waals surface area (Å²) in [5.74, 6) is -1.85. The topological polar surface area (TPSA) is 104 Å². The minimum absolute atomic E-state index is 0.0744. The monoisotopic (exact) mass is 311 g/mol. The molecule has 0 heterocycles. The van der Waals surface area contributed by atoms with Crippen molar-refractivity contribution >= 4 is 11.9 Å². The molecule has 0 radical (unpaired) electrons. The summed E-state index contributed by atoms with van der Waals surface area (Å²) in [5, 5.41) is 14.3. The molecule has 0 saturated heterocycles. The van der Waals surface area contributed by atoms with Crippen LogP contribution in [0.3, 0.4) is 0 Å². The van der Waals surface area contributed by atoms with Gasteiger partial charge in [-0.05, 0) is 31.9 Å². The van der Waals surface area contributed by atoms with Crippen LogP contribution in [0.1, 0.15) is 24.8 Å². The molecule has 0 aliphatic carbocycles. The van der Waals surface area contributed by atoms with Crippen molar-refractivity contribution in [1.82, 2.24) is 10.6 Å². The van der Waals surface area contributed by atoms with Crippen molar-refractivity contribution < 1.29 is 19.1 Å². The largest absolute Gasteiger partial charge is 0.480 e. The van der Waals surface area contributed by atoms with E-state index in [2.05, 4.69) is 10.6 Å². The zero-order valence-electron chi connectivity index (χ0n) is 12.3. The van der Waals surface area contributed by atoms with Crippen LogP contribution in [-0.2, 0) is 16.1 Å². The number of benzene rings is 1. The summed E-state index contributed by atoms with van der Waals surface area (Å²) in [6.07, 6.45) is 1.69. The van der Waals surface area contributed by atoms with Crippen LogP contribution in [0.2, 0.25) is 0 Å². The third-order valence-electron chi connectivity index (χ3n) is 3.14. The van der Waals surface area contributed by atoms with E-state index in [1.807, 2.05) is 0 Å². The molecule has 0 saturated carbocycles. The molecule has 122 valence electrons. The molecular weight excluding hydrogens is 289 g/mol. The summed E-state index contributed by atoms with van der Waals surface area (Å²) in [5.41, 5.74) is 5.80. The van der Waals surface area contributed by atoms with Crippen LogP contribution in [-0.4, -0.2) is 36.1 Å². The second-order valence-corrected chi connectivity index (χ2v) is 4.94. The molecule has 6 nitrogen and oxygen atoms in total. The fourth-order valence-corrected chi connectivity index (χ4v) is 1.95. The Morgan fingerprint density at radius 3 is 2.64 bits per heavy atom. The van der Waals surface area contributed by atoms with E-state index >= 15 is 0 Å². The zero-order valence-corrected chi connectivity index (χ0v) is 12.3. The third-order valence-corrected chi connectivity index (χ3v) is 3.14. The molecule has 1 amide bonds. The predicted molar refractivity (Wildman–Crippen MR) is 80.6 cm³/mol. The molecule has 0 aromatic heterocycles. The van der Waals surface area contributed by atoms with Crippen molar-refractivity contribution in [3.63, 3.8) is 0 Å². The zero-order chi connectivity index (χ0) is 16.4. The number of hydrogen-bond acceptors (Lipinski definition) is 4. The normalized spacial score (nSPS) is 11.9. The first kappa shape index (κ1) is 18.1. The van der Waals surface area contributed by atoms with E-state index in [9.17, 15) is 14.0 Å². The molecule has 0 spiro atoms. The lowest BCUT2D eigenvalue weighted by molar-refractivity contribution is -0.141. The van der Waals surface area contributed by atoms with E-state index in [0.29, 0.717) is 31.4 Å². The van der Waals surface area contributed by atoms with Crippen LogP contribution in [0, 0.1) is 5.82 Å². The Hall–Kier alpha value is -1.99. The van der Waals surface area contributed by atoms with Gasteiger partial charge in [-0.2, -0.15) is 0 Å². The number of nitrogens with two attached hydrogens (primary N) is 1. The molecule has 1 unspecified atom stereocenters. The van der Waals surface area contributed by atoms with E-state index in [-0.39, 0.29) is 18.9 Å². The number of carboxylic acid groups (broad SMARTS) is 1. The fourth-order valence-electron chi connectivity index (χ4n) is 1.95. The smallest absolute Gasteiger partial charge is 0.326 e. The highest BCUT2D eigenvalue weighted by Gasteiger charge is 2.18. The van der Waals surface area contributed by atoms with Gasteiger partial charge in [0, 0.05) is 12.1 Å². The molecule has 0 bridgehead atoms. The van der Waals surface area contributed by atoms with E-state index in [1.165, 1.54) is 6.07 Å². The van der Waals surface area contributed by atoms with Gasteiger partial charge in [-0.15, -0.1) is 0 Å². The lowest BCUT2D eigenvalue weighted by atomic mass is 10.1. The quantitative estimate of drug-likeness (QED) is 0.474. The maximum Gasteiger partial charge on any atom is 0.326 e. The minimum Gasteiger partial charge on any atom is -0.480 e. The van der Waals surface area contributed by atoms with Crippen LogP contribution in [0.4, 0.5) is 4.39 Å². The van der Waals surface area contributed by atoms with Gasteiger partial charge in [0.25, 0.3) is 0 Å². The van der Waals surface area contributed by atoms with Gasteiger partial charge in [0.05, 0.1) is 6.54 Å². The number of amides is 1. The minimum atomic E-state index is -1.07. The average molecular weight is 311 g/mol. The van der Waals surface area contributed by atoms with Crippen molar-refractivity contribution in [1.29, 1.82) is 0 Å². The lowest BCUT2D eigenvalue weighted by Gasteiger charge is -2.14. The Kier molecular flexibility index (Phi) is 8.09. The van der Waals surface area contributed by atoms with Gasteiger partial charge >= 0.3 is 5.97 Å². The molecule has 1 aromatic carbocycles. The number of unbranched alkanes of at least 4 members (excludes halogenated alkanes) is 1. The lowest BCUT2D eigenvalue weighted by Crippen LogP contribution is -2.44. The molecule has 1 atom stereocenters. The van der Waals surface area contributed by atoms with Crippen LogP contribution in [0.5, 0.6) is 0 Å². The van der Waals surface area contributed by atoms with Gasteiger partial charge in [0.2, 0.25) is 5.91 Å². The van der Waals surface area contributed by atoms with Gasteiger partial charge in [-0.1, -0.05) is 18.2 Å². The van der Waals surface area contributed by atoms with Crippen molar-refractivity contribution in [2.24, 2.45) is 5.73 Å². The molecule has 1 aromatic rings. The highest BCUT2D eigenvalue weighted by atomic mass is 19.1. The Morgan fingerprint density at radius 2 is 2.00 bits per heavy atom. The molecule has 5 N–H and O–H groups in total. The van der Waals surface area contributed by atoms with E-state index in [1.54, 1.807) is 18.2 Å². The second kappa shape index (κ2) is 9.86. The van der Waals surface area contributed by atoms with Crippen molar-refractivity contribution in [3.8, 4) is 0 Å². The maximum absolute atomic E-state index is 13.4. The van der Waals surface area contributed by atoms with Crippen LogP contribution >= 0.6 is 0 Å². The summed E-state index contributed by atoms with van der Waals surface area (Å²) >= 11 is 0. The Morgan fingerprint density at radius 1 is 1.27 bits per heavy atom. The molecule has 0 aliphatic heterocycles. The summed E-state index contributed by atoms with van der Waals surface area (Å²) in [7, 11) is 0. The van der Waals surface area contributed by atoms with Crippen molar-refractivity contribution in [2.75, 3.05) is 13.1 Å². The van der Waals surface area contributed by atoms with Gasteiger partial charge in [-0.3, -0.25) is 4.79 Å². The first-order chi connectivity index (χ1) is 10.5. The fraction of sp³-hybridized carbons (Fsp3) is 0.467. The molecule has 0 fully saturated rings. The number of carbonyl (C=O) groups excluding carboxylic acids is 1. The highest BCUT2D eigenvalue weighted by Crippen LogP contribution is 2.05. The number of carbonyl (C=O) groups is 2. The van der Waals surface area contributed by atoms with Gasteiger partial charge < -0.3 is 21.5 Å². The van der Waals surface area contributed by atoms with Crippen LogP contribution < -0.4 is 16.4 Å². The number of rotatable bonds is 10. The Bertz CT molecular complexity index is 497. The molecule has 0 aliphatic rings. The second-order valence-electron chi connectivity index (χ2n) is 4.94. The van der Waals surface area contributed by atoms with E-state index < -0.39 is 17.9 Å². The van der Waals surface area contributed by atoms with Crippen molar-refractivity contribution in [3.05, 3.63) is 35.6 Å². The number of carboxylic acids is 1. The van der Waals surface area contributed by atoms with Crippen LogP contribution in [0.25, 0.3) is 0 Å². The SMILES string of the molecule is NCCCCC(NC(=O)CNCc1ccccc1F)C(=O)O. The van der Waals surface area contributed by atoms with E-state index in [0.717, 1.165) is 0 Å². The molecule has 1 rings (SSSR count). The summed E-state index contributed by atoms with van der Waals surface area (Å²) in [4.78, 5) is 22.8. The van der Waals surface area contributed by atoms with E-state index in [4.69, 9.17) is 10.8 Å². The summed E-state index contributed by atoms with van der Waals surface area (Å²) in [6.45, 7) is 0.616. The van der Waals surface area contributed by atoms with Gasteiger partial charge in [0.15, 0.2) is 0 Å². The standard InChI is InChI=1S/C15H22FN3O3/c16-12-6-2-1-5-11(12)9-18-10-14(20)19-13(15(21)22)7-3-4-8-17/h1-2,5-6,13,18H,3-4,7-10,17H2,(H,19,20)(H,21,22). The summed E-state index contributed by atoms with van der Waals surface area (Å²) < 4.78 is 13.4. The number of halogens is 1. The highest BCUT2D eigenvalue weighted by molar-refractivity contribution is 5.84. The van der Waals surface area contributed by atoms with Gasteiger partial charge in [0.1, 0.15) is 11.9 Å². The third kappa shape index (κ3) is 6.64. The summed E-state index contributed by atoms with van der Waals surface area (Å²) in [6, 6.07) is 5.33. The Balaban J connectivity index is 2.34. The van der Waals surface area contributed by atoms with Gasteiger partial charge in [-0.25, -0.2) is 9.18 Å². The maximum atomic E-state index is 13.4. The number of aliphatic carboxylic acids is 1. The Labute approximate surface area is 128 Å². The first-order valence-electron chi connectivity index (χ1n) is 7.21. The first-order valence-corrected chi connectivity index (χ1v) is 7.21. The van der Waals surface area contributed by atoms with Crippen molar-refractivity contribution in [2.45, 2.75) is 31.8 Å². The predicted octanol–water partition coefficient (Wildman–Crippen LogP) is 0.614. The molecular formula is C15H22FN3O3. The van der Waals surface area contributed by atoms with Crippen LogP contribution in [0.15, 0.2) is 24.3 Å². The number of hydrogen-bond donors (Lipinski definition) is 4. The average Bonchev–Trinajstić information content (AvgIpc) is 2.48. The molecule has 22 heavy (non-hydrogen) atoms. The number of nitrogens with one attached hydrogen (secondary N) is 2. The molecule has 7 heteroatoms.